The van der Waals surface area contributed by atoms with E-state index in [1.165, 1.54) is 11.3 Å². The highest BCUT2D eigenvalue weighted by Gasteiger charge is 2.39. The van der Waals surface area contributed by atoms with Gasteiger partial charge in [0.15, 0.2) is 0 Å². The fourth-order valence-electron chi connectivity index (χ4n) is 3.84. The number of aryl methyl sites for hydroxylation is 1. The molecule has 0 spiro atoms. The number of thiophene rings is 1. The van der Waals surface area contributed by atoms with Gasteiger partial charge < -0.3 is 15.3 Å². The number of hydrogen-bond acceptors (Lipinski definition) is 7. The van der Waals surface area contributed by atoms with Crippen LogP contribution in [0.3, 0.4) is 0 Å². The molecule has 1 aliphatic rings. The lowest BCUT2D eigenvalue weighted by Crippen LogP contribution is -2.28. The summed E-state index contributed by atoms with van der Waals surface area (Å²) in [6.07, 6.45) is 9.67. The van der Waals surface area contributed by atoms with E-state index in [1.54, 1.807) is 12.2 Å². The molecule has 0 aliphatic heterocycles. The van der Waals surface area contributed by atoms with E-state index in [1.807, 2.05) is 29.0 Å². The monoisotopic (exact) mass is 505 g/mol. The molecular formula is C22H32ClNO6S2. The van der Waals surface area contributed by atoms with Crippen molar-refractivity contribution in [3.05, 3.63) is 45.7 Å². The topological polar surface area (TPSA) is 124 Å². The predicted octanol–water partition coefficient (Wildman–Crippen LogP) is 2.80. The summed E-state index contributed by atoms with van der Waals surface area (Å²) in [6, 6.07) is 3.78. The Labute approximate surface area is 198 Å². The quantitative estimate of drug-likeness (QED) is 0.256. The third-order valence-electron chi connectivity index (χ3n) is 5.44. The lowest BCUT2D eigenvalue weighted by atomic mass is 9.89. The average Bonchev–Trinajstić information content (AvgIpc) is 3.22. The average molecular weight is 506 g/mol. The van der Waals surface area contributed by atoms with E-state index >= 15 is 0 Å². The SMILES string of the molecule is CS(=O)(=O)NC(=O)CCCC=CC[C@@H]1[C@@H](C=C[C@@H](O)CCc2ccc(Cl)s2)[C@H](O)C[C@@H]1O. The van der Waals surface area contributed by atoms with Crippen LogP contribution in [0.2, 0.25) is 4.34 Å². The van der Waals surface area contributed by atoms with Crippen molar-refractivity contribution >= 4 is 38.9 Å². The summed E-state index contributed by atoms with van der Waals surface area (Å²) in [5.74, 6) is -0.934. The van der Waals surface area contributed by atoms with Gasteiger partial charge in [-0.3, -0.25) is 9.52 Å². The number of unbranched alkanes of at least 4 members (excludes halogenated alkanes) is 1. The van der Waals surface area contributed by atoms with Crippen LogP contribution in [0.5, 0.6) is 0 Å². The van der Waals surface area contributed by atoms with Crippen LogP contribution in [0.25, 0.3) is 0 Å². The summed E-state index contributed by atoms with van der Waals surface area (Å²) in [5.41, 5.74) is 0. The molecule has 1 saturated carbocycles. The van der Waals surface area contributed by atoms with Gasteiger partial charge in [0.1, 0.15) is 0 Å². The van der Waals surface area contributed by atoms with E-state index < -0.39 is 34.2 Å². The Morgan fingerprint density at radius 2 is 2.06 bits per heavy atom. The minimum absolute atomic E-state index is 0.114. The Morgan fingerprint density at radius 1 is 1.31 bits per heavy atom. The van der Waals surface area contributed by atoms with E-state index in [0.717, 1.165) is 15.5 Å². The molecule has 1 amide bonds. The Hall–Kier alpha value is -1.23. The molecule has 1 heterocycles. The van der Waals surface area contributed by atoms with Crippen molar-refractivity contribution in [3.63, 3.8) is 0 Å². The Morgan fingerprint density at radius 3 is 2.72 bits per heavy atom. The summed E-state index contributed by atoms with van der Waals surface area (Å²) in [4.78, 5) is 12.6. The second-order valence-electron chi connectivity index (χ2n) is 8.21. The molecule has 4 N–H and O–H groups in total. The van der Waals surface area contributed by atoms with Crippen LogP contribution in [0.1, 0.15) is 43.4 Å². The minimum Gasteiger partial charge on any atom is -0.393 e. The van der Waals surface area contributed by atoms with Gasteiger partial charge in [-0.05, 0) is 50.2 Å². The lowest BCUT2D eigenvalue weighted by molar-refractivity contribution is -0.119. The molecular weight excluding hydrogens is 474 g/mol. The molecule has 0 saturated heterocycles. The zero-order valence-corrected chi connectivity index (χ0v) is 20.5. The van der Waals surface area contributed by atoms with E-state index in [2.05, 4.69) is 0 Å². The van der Waals surface area contributed by atoms with Crippen molar-refractivity contribution in [2.45, 2.75) is 63.3 Å². The van der Waals surface area contributed by atoms with Crippen LogP contribution in [0, 0.1) is 11.8 Å². The first-order valence-electron chi connectivity index (χ1n) is 10.7. The van der Waals surface area contributed by atoms with Crippen LogP contribution < -0.4 is 4.72 Å². The molecule has 0 radical (unpaired) electrons. The number of carbonyl (C=O) groups is 1. The zero-order chi connectivity index (χ0) is 23.7. The molecule has 0 bridgehead atoms. The van der Waals surface area contributed by atoms with Crippen LogP contribution in [0.15, 0.2) is 36.4 Å². The Bertz CT molecular complexity index is 898. The third-order valence-corrected chi connectivity index (χ3v) is 7.32. The fourth-order valence-corrected chi connectivity index (χ4v) is 5.46. The Balaban J connectivity index is 1.77. The number of aliphatic hydroxyl groups excluding tert-OH is 3. The number of rotatable bonds is 12. The molecule has 1 aliphatic carbocycles. The van der Waals surface area contributed by atoms with Crippen molar-refractivity contribution in [1.82, 2.24) is 4.72 Å². The zero-order valence-electron chi connectivity index (χ0n) is 18.1. The van der Waals surface area contributed by atoms with E-state index in [-0.39, 0.29) is 18.3 Å². The van der Waals surface area contributed by atoms with E-state index in [4.69, 9.17) is 11.6 Å². The molecule has 0 aromatic carbocycles. The van der Waals surface area contributed by atoms with Gasteiger partial charge in [0.2, 0.25) is 15.9 Å². The van der Waals surface area contributed by atoms with Crippen LogP contribution in [-0.4, -0.2) is 54.2 Å². The highest BCUT2D eigenvalue weighted by molar-refractivity contribution is 7.89. The largest absolute Gasteiger partial charge is 0.393 e. The summed E-state index contributed by atoms with van der Waals surface area (Å²) in [5, 5.41) is 30.9. The summed E-state index contributed by atoms with van der Waals surface area (Å²) in [7, 11) is -3.53. The first kappa shape index (κ1) is 27.0. The number of hydrogen-bond donors (Lipinski definition) is 4. The molecule has 10 heteroatoms. The van der Waals surface area contributed by atoms with Crippen molar-refractivity contribution in [3.8, 4) is 0 Å². The summed E-state index contributed by atoms with van der Waals surface area (Å²) >= 11 is 7.41. The van der Waals surface area contributed by atoms with Gasteiger partial charge >= 0.3 is 0 Å². The van der Waals surface area contributed by atoms with Gasteiger partial charge in [-0.25, -0.2) is 8.42 Å². The standard InChI is InChI=1S/C22H32ClNO6S2/c1-32(29,30)24-22(28)7-5-3-2-4-6-17-18(20(27)14-19(17)26)12-9-15(25)8-10-16-11-13-21(23)31-16/h2,4,9,11-13,15,17-20,25-27H,3,5-8,10,14H2,1H3,(H,24,28)/t15-,17+,18+,19-,20+/m0/s1. The molecule has 5 atom stereocenters. The van der Waals surface area contributed by atoms with Gasteiger partial charge in [0, 0.05) is 23.6 Å². The number of aliphatic hydroxyl groups is 3. The first-order valence-corrected chi connectivity index (χ1v) is 13.8. The maximum atomic E-state index is 11.5. The van der Waals surface area contributed by atoms with Crippen LogP contribution >= 0.6 is 22.9 Å². The normalized spacial score (nSPS) is 25.0. The molecule has 1 fully saturated rings. The molecule has 7 nitrogen and oxygen atoms in total. The van der Waals surface area contributed by atoms with E-state index in [0.29, 0.717) is 38.5 Å². The highest BCUT2D eigenvalue weighted by atomic mass is 35.5. The second kappa shape index (κ2) is 12.9. The smallest absolute Gasteiger partial charge is 0.233 e. The van der Waals surface area contributed by atoms with Crippen molar-refractivity contribution in [2.24, 2.45) is 11.8 Å². The first-order chi connectivity index (χ1) is 15.0. The molecule has 2 rings (SSSR count). The van der Waals surface area contributed by atoms with Crippen LogP contribution in [-0.2, 0) is 21.2 Å². The third kappa shape index (κ3) is 9.72. The lowest BCUT2D eigenvalue weighted by Gasteiger charge is -2.19. The molecule has 1 aromatic rings. The fraction of sp³-hybridized carbons (Fsp3) is 0.591. The van der Waals surface area contributed by atoms with Gasteiger partial charge in [-0.2, -0.15) is 0 Å². The molecule has 180 valence electrons. The van der Waals surface area contributed by atoms with Gasteiger partial charge in [0.25, 0.3) is 0 Å². The maximum absolute atomic E-state index is 11.5. The van der Waals surface area contributed by atoms with Crippen molar-refractivity contribution in [1.29, 1.82) is 0 Å². The molecule has 32 heavy (non-hydrogen) atoms. The second-order valence-corrected chi connectivity index (χ2v) is 11.8. The number of amides is 1. The van der Waals surface area contributed by atoms with Gasteiger partial charge in [-0.15, -0.1) is 11.3 Å². The number of allylic oxidation sites excluding steroid dienone is 2. The molecule has 1 aromatic heterocycles. The summed E-state index contributed by atoms with van der Waals surface area (Å²) in [6.45, 7) is 0. The maximum Gasteiger partial charge on any atom is 0.233 e. The summed E-state index contributed by atoms with van der Waals surface area (Å²) < 4.78 is 24.6. The minimum atomic E-state index is -3.53. The number of sulfonamides is 1. The van der Waals surface area contributed by atoms with Crippen molar-refractivity contribution in [2.75, 3.05) is 6.26 Å². The molecule has 0 unspecified atom stereocenters. The number of halogens is 1. The highest BCUT2D eigenvalue weighted by Crippen LogP contribution is 2.36. The van der Waals surface area contributed by atoms with E-state index in [9.17, 15) is 28.5 Å². The van der Waals surface area contributed by atoms with Crippen LogP contribution in [0.4, 0.5) is 0 Å². The van der Waals surface area contributed by atoms with Crippen molar-refractivity contribution < 1.29 is 28.5 Å². The Kier molecular flexibility index (Phi) is 10.9. The van der Waals surface area contributed by atoms with Gasteiger partial charge in [-0.1, -0.05) is 35.9 Å². The predicted molar refractivity (Wildman–Crippen MR) is 127 cm³/mol. The number of carbonyl (C=O) groups excluding carboxylic acids is 1. The van der Waals surface area contributed by atoms with Gasteiger partial charge in [0.05, 0.1) is 28.9 Å². The number of nitrogens with one attached hydrogen (secondary N) is 1.